The van der Waals surface area contributed by atoms with Crippen LogP contribution in [0.2, 0.25) is 0 Å². The van der Waals surface area contributed by atoms with Crippen LogP contribution in [0.5, 0.6) is 5.88 Å². The van der Waals surface area contributed by atoms with E-state index in [4.69, 9.17) is 4.74 Å². The first-order valence-corrected chi connectivity index (χ1v) is 8.39. The zero-order chi connectivity index (χ0) is 17.0. The minimum atomic E-state index is 0.525. The van der Waals surface area contributed by atoms with Gasteiger partial charge in [0.25, 0.3) is 0 Å². The molecule has 0 amide bonds. The van der Waals surface area contributed by atoms with Gasteiger partial charge in [0, 0.05) is 43.8 Å². The first kappa shape index (κ1) is 17.8. The highest BCUT2D eigenvalue weighted by Gasteiger charge is 2.04. The molecule has 0 aliphatic rings. The van der Waals surface area contributed by atoms with Gasteiger partial charge < -0.3 is 15.4 Å². The van der Waals surface area contributed by atoms with Gasteiger partial charge in [-0.25, -0.2) is 9.98 Å². The number of guanidine groups is 1. The molecular formula is C17H26N6O. The number of ether oxygens (including phenoxy) is 1. The lowest BCUT2D eigenvalue weighted by Crippen LogP contribution is -2.38. The van der Waals surface area contributed by atoms with E-state index in [1.807, 2.05) is 36.0 Å². The summed E-state index contributed by atoms with van der Waals surface area (Å²) in [7, 11) is 0. The number of aliphatic imine (C=N–C) groups is 1. The molecule has 0 aliphatic heterocycles. The second kappa shape index (κ2) is 10.3. The van der Waals surface area contributed by atoms with Crippen molar-refractivity contribution in [2.45, 2.75) is 33.4 Å². The van der Waals surface area contributed by atoms with Crippen molar-refractivity contribution in [3.8, 4) is 5.88 Å². The largest absolute Gasteiger partial charge is 0.478 e. The molecule has 0 bridgehead atoms. The van der Waals surface area contributed by atoms with Gasteiger partial charge in [-0.1, -0.05) is 6.07 Å². The van der Waals surface area contributed by atoms with Crippen LogP contribution in [0.3, 0.4) is 0 Å². The average molecular weight is 330 g/mol. The maximum absolute atomic E-state index is 5.54. The summed E-state index contributed by atoms with van der Waals surface area (Å²) in [4.78, 5) is 8.87. The lowest BCUT2D eigenvalue weighted by molar-refractivity contribution is 0.323. The molecular weight excluding hydrogens is 304 g/mol. The van der Waals surface area contributed by atoms with E-state index in [1.54, 1.807) is 12.4 Å². The lowest BCUT2D eigenvalue weighted by atomic mass is 10.3. The maximum Gasteiger partial charge on any atom is 0.218 e. The summed E-state index contributed by atoms with van der Waals surface area (Å²) >= 11 is 0. The van der Waals surface area contributed by atoms with Gasteiger partial charge in [-0.3, -0.25) is 4.68 Å². The molecule has 0 saturated carbocycles. The van der Waals surface area contributed by atoms with Crippen LogP contribution in [0.25, 0.3) is 0 Å². The van der Waals surface area contributed by atoms with Gasteiger partial charge in [-0.2, -0.15) is 5.10 Å². The van der Waals surface area contributed by atoms with E-state index in [1.165, 1.54) is 0 Å². The predicted octanol–water partition coefficient (Wildman–Crippen LogP) is 1.82. The summed E-state index contributed by atoms with van der Waals surface area (Å²) in [5, 5.41) is 10.8. The summed E-state index contributed by atoms with van der Waals surface area (Å²) < 4.78 is 7.46. The fraction of sp³-hybridized carbons (Fsp3) is 0.471. The quantitative estimate of drug-likeness (QED) is 0.417. The highest BCUT2D eigenvalue weighted by Crippen LogP contribution is 2.15. The van der Waals surface area contributed by atoms with Crippen LogP contribution in [0.4, 0.5) is 0 Å². The molecule has 0 saturated heterocycles. The highest BCUT2D eigenvalue weighted by atomic mass is 16.5. The molecule has 0 aromatic carbocycles. The van der Waals surface area contributed by atoms with E-state index in [9.17, 15) is 0 Å². The number of pyridine rings is 1. The molecule has 0 unspecified atom stereocenters. The van der Waals surface area contributed by atoms with E-state index in [0.717, 1.165) is 37.6 Å². The third-order valence-corrected chi connectivity index (χ3v) is 3.30. The third-order valence-electron chi connectivity index (χ3n) is 3.30. The molecule has 24 heavy (non-hydrogen) atoms. The molecule has 2 rings (SSSR count). The normalized spacial score (nSPS) is 11.3. The van der Waals surface area contributed by atoms with Crippen LogP contribution >= 0.6 is 0 Å². The molecule has 7 nitrogen and oxygen atoms in total. The van der Waals surface area contributed by atoms with Crippen LogP contribution < -0.4 is 15.4 Å². The Bertz CT molecular complexity index is 611. The predicted molar refractivity (Wildman–Crippen MR) is 95.1 cm³/mol. The van der Waals surface area contributed by atoms with Gasteiger partial charge in [-0.15, -0.1) is 0 Å². The monoisotopic (exact) mass is 330 g/mol. The summed E-state index contributed by atoms with van der Waals surface area (Å²) in [6, 6.07) is 5.82. The maximum atomic E-state index is 5.54. The van der Waals surface area contributed by atoms with Crippen molar-refractivity contribution in [1.82, 2.24) is 25.4 Å². The minimum absolute atomic E-state index is 0.525. The Balaban J connectivity index is 1.85. The van der Waals surface area contributed by atoms with Gasteiger partial charge in [0.05, 0.1) is 13.2 Å². The summed E-state index contributed by atoms with van der Waals surface area (Å²) in [6.07, 6.45) is 6.47. The molecule has 0 fully saturated rings. The molecule has 2 N–H and O–H groups in total. The Hall–Kier alpha value is -2.57. The first-order chi connectivity index (χ1) is 11.8. The van der Waals surface area contributed by atoms with Gasteiger partial charge in [0.1, 0.15) is 0 Å². The van der Waals surface area contributed by atoms with Crippen molar-refractivity contribution in [3.63, 3.8) is 0 Å². The second-order valence-electron chi connectivity index (χ2n) is 5.15. The zero-order valence-corrected chi connectivity index (χ0v) is 14.4. The van der Waals surface area contributed by atoms with Crippen molar-refractivity contribution in [2.24, 2.45) is 4.99 Å². The molecule has 7 heteroatoms. The number of hydrogen-bond acceptors (Lipinski definition) is 4. The Morgan fingerprint density at radius 1 is 1.25 bits per heavy atom. The van der Waals surface area contributed by atoms with Crippen molar-refractivity contribution in [3.05, 3.63) is 42.4 Å². The fourth-order valence-electron chi connectivity index (χ4n) is 2.20. The van der Waals surface area contributed by atoms with E-state index < -0.39 is 0 Å². The number of hydrogen-bond donors (Lipinski definition) is 2. The van der Waals surface area contributed by atoms with Crippen molar-refractivity contribution in [2.75, 3.05) is 19.7 Å². The van der Waals surface area contributed by atoms with E-state index in [2.05, 4.69) is 32.6 Å². The van der Waals surface area contributed by atoms with Gasteiger partial charge in [0.2, 0.25) is 5.88 Å². The molecule has 0 spiro atoms. The lowest BCUT2D eigenvalue weighted by Gasteiger charge is -2.12. The average Bonchev–Trinajstić information content (AvgIpc) is 3.11. The molecule has 2 aromatic heterocycles. The summed E-state index contributed by atoms with van der Waals surface area (Å²) in [6.45, 7) is 7.66. The Morgan fingerprint density at radius 2 is 2.17 bits per heavy atom. The summed E-state index contributed by atoms with van der Waals surface area (Å²) in [5.41, 5.74) is 0.980. The SMILES string of the molecule is CCNC(=NCc1cccnc1OCC)NCCCn1cccn1. The minimum Gasteiger partial charge on any atom is -0.478 e. The fourth-order valence-corrected chi connectivity index (χ4v) is 2.20. The van der Waals surface area contributed by atoms with Crippen LogP contribution in [0, 0.1) is 0 Å². The number of nitrogens with one attached hydrogen (secondary N) is 2. The van der Waals surface area contributed by atoms with Crippen molar-refractivity contribution < 1.29 is 4.74 Å². The third kappa shape index (κ3) is 5.91. The Kier molecular flexibility index (Phi) is 7.59. The van der Waals surface area contributed by atoms with E-state index >= 15 is 0 Å². The van der Waals surface area contributed by atoms with Crippen molar-refractivity contribution in [1.29, 1.82) is 0 Å². The smallest absolute Gasteiger partial charge is 0.218 e. The highest BCUT2D eigenvalue weighted by molar-refractivity contribution is 5.79. The molecule has 0 atom stereocenters. The molecule has 0 aliphatic carbocycles. The van der Waals surface area contributed by atoms with Crippen LogP contribution in [0.1, 0.15) is 25.8 Å². The van der Waals surface area contributed by atoms with Gasteiger partial charge >= 0.3 is 0 Å². The molecule has 2 aromatic rings. The van der Waals surface area contributed by atoms with Crippen LogP contribution in [-0.2, 0) is 13.1 Å². The van der Waals surface area contributed by atoms with Crippen molar-refractivity contribution >= 4 is 5.96 Å². The first-order valence-electron chi connectivity index (χ1n) is 8.39. The zero-order valence-electron chi connectivity index (χ0n) is 14.4. The molecule has 130 valence electrons. The van der Waals surface area contributed by atoms with E-state index in [0.29, 0.717) is 19.0 Å². The number of aromatic nitrogens is 3. The standard InChI is InChI=1S/C17H26N6O/c1-3-18-17(20-10-6-12-23-13-7-11-22-23)21-14-15-8-5-9-19-16(15)24-4-2/h5,7-9,11,13H,3-4,6,10,12,14H2,1-2H3,(H2,18,20,21). The van der Waals surface area contributed by atoms with E-state index in [-0.39, 0.29) is 0 Å². The topological polar surface area (TPSA) is 76.4 Å². The van der Waals surface area contributed by atoms with Crippen LogP contribution in [-0.4, -0.2) is 40.4 Å². The number of rotatable bonds is 9. The number of nitrogens with zero attached hydrogens (tertiary/aromatic N) is 4. The Morgan fingerprint density at radius 3 is 2.92 bits per heavy atom. The molecule has 0 radical (unpaired) electrons. The Labute approximate surface area is 143 Å². The van der Waals surface area contributed by atoms with Crippen LogP contribution in [0.15, 0.2) is 41.8 Å². The summed E-state index contributed by atoms with van der Waals surface area (Å²) in [5.74, 6) is 1.45. The van der Waals surface area contributed by atoms with Gasteiger partial charge in [-0.05, 0) is 32.4 Å². The number of aryl methyl sites for hydroxylation is 1. The van der Waals surface area contributed by atoms with Gasteiger partial charge in [0.15, 0.2) is 5.96 Å². The molecule has 2 heterocycles. The second-order valence-corrected chi connectivity index (χ2v) is 5.15.